The van der Waals surface area contributed by atoms with Crippen LogP contribution >= 0.6 is 0 Å². The summed E-state index contributed by atoms with van der Waals surface area (Å²) in [7, 11) is 0. The van der Waals surface area contributed by atoms with E-state index >= 15 is 0 Å². The summed E-state index contributed by atoms with van der Waals surface area (Å²) < 4.78 is 5.56. The molecule has 0 bridgehead atoms. The molecule has 0 aromatic heterocycles. The van der Waals surface area contributed by atoms with E-state index in [1.54, 1.807) is 6.07 Å². The highest BCUT2D eigenvalue weighted by Gasteiger charge is 2.05. The van der Waals surface area contributed by atoms with Crippen LogP contribution in [0.15, 0.2) is 18.2 Å². The van der Waals surface area contributed by atoms with Gasteiger partial charge in [-0.1, -0.05) is 12.1 Å². The zero-order valence-electron chi connectivity index (χ0n) is 9.28. The third-order valence-electron chi connectivity index (χ3n) is 1.96. The van der Waals surface area contributed by atoms with Gasteiger partial charge in [0.1, 0.15) is 5.75 Å². The summed E-state index contributed by atoms with van der Waals surface area (Å²) >= 11 is 0. The number of carboxylic acids is 1. The lowest BCUT2D eigenvalue weighted by Gasteiger charge is -2.12. The number of carboxylic acid groups (broad SMARTS) is 1. The Kier molecular flexibility index (Phi) is 3.72. The van der Waals surface area contributed by atoms with Gasteiger partial charge in [-0.25, -0.2) is 0 Å². The maximum Gasteiger partial charge on any atom is 0.307 e. The third-order valence-corrected chi connectivity index (χ3v) is 1.96. The second-order valence-corrected chi connectivity index (χ2v) is 3.84. The summed E-state index contributed by atoms with van der Waals surface area (Å²) in [5, 5.41) is 8.64. The molecule has 0 atom stereocenters. The molecule has 1 rings (SSSR count). The SMILES string of the molecule is Cc1cc(CC(=O)O)ccc1OC(C)C. The monoisotopic (exact) mass is 208 g/mol. The predicted molar refractivity (Wildman–Crippen MR) is 58.3 cm³/mol. The van der Waals surface area contributed by atoms with Crippen LogP contribution in [0.4, 0.5) is 0 Å². The van der Waals surface area contributed by atoms with Crippen molar-refractivity contribution < 1.29 is 14.6 Å². The maximum absolute atomic E-state index is 10.5. The first-order valence-corrected chi connectivity index (χ1v) is 4.97. The average molecular weight is 208 g/mol. The van der Waals surface area contributed by atoms with Crippen molar-refractivity contribution in [2.24, 2.45) is 0 Å². The van der Waals surface area contributed by atoms with Gasteiger partial charge in [0, 0.05) is 0 Å². The lowest BCUT2D eigenvalue weighted by molar-refractivity contribution is -0.136. The molecule has 0 aliphatic rings. The minimum atomic E-state index is -0.813. The second-order valence-electron chi connectivity index (χ2n) is 3.84. The van der Waals surface area contributed by atoms with Crippen molar-refractivity contribution in [3.63, 3.8) is 0 Å². The van der Waals surface area contributed by atoms with Crippen LogP contribution in [0.1, 0.15) is 25.0 Å². The highest BCUT2D eigenvalue weighted by atomic mass is 16.5. The first-order chi connectivity index (χ1) is 6.99. The lowest BCUT2D eigenvalue weighted by atomic mass is 10.1. The topological polar surface area (TPSA) is 46.5 Å². The summed E-state index contributed by atoms with van der Waals surface area (Å²) in [5.41, 5.74) is 1.78. The van der Waals surface area contributed by atoms with Crippen LogP contribution in [-0.4, -0.2) is 17.2 Å². The Balaban J connectivity index is 2.83. The molecular weight excluding hydrogens is 192 g/mol. The van der Waals surface area contributed by atoms with E-state index in [2.05, 4.69) is 0 Å². The summed E-state index contributed by atoms with van der Waals surface area (Å²) in [4.78, 5) is 10.5. The minimum Gasteiger partial charge on any atom is -0.491 e. The number of aliphatic carboxylic acids is 1. The largest absolute Gasteiger partial charge is 0.491 e. The Morgan fingerprint density at radius 1 is 1.47 bits per heavy atom. The molecule has 1 aromatic rings. The summed E-state index contributed by atoms with van der Waals surface area (Å²) in [6.07, 6.45) is 0.192. The van der Waals surface area contributed by atoms with Crippen LogP contribution in [0.5, 0.6) is 5.75 Å². The fraction of sp³-hybridized carbons (Fsp3) is 0.417. The molecule has 0 saturated carbocycles. The molecule has 0 radical (unpaired) electrons. The van der Waals surface area contributed by atoms with Crippen LogP contribution < -0.4 is 4.74 Å². The standard InChI is InChI=1S/C12H16O3/c1-8(2)15-11-5-4-10(6-9(11)3)7-12(13)14/h4-6,8H,7H2,1-3H3,(H,13,14). The third kappa shape index (κ3) is 3.62. The number of ether oxygens (including phenoxy) is 1. The van der Waals surface area contributed by atoms with Gasteiger partial charge in [0.2, 0.25) is 0 Å². The Labute approximate surface area is 89.7 Å². The quantitative estimate of drug-likeness (QED) is 0.826. The van der Waals surface area contributed by atoms with Gasteiger partial charge < -0.3 is 9.84 Å². The molecule has 82 valence electrons. The van der Waals surface area contributed by atoms with E-state index in [9.17, 15) is 4.79 Å². The molecule has 0 heterocycles. The number of hydrogen-bond donors (Lipinski definition) is 1. The van der Waals surface area contributed by atoms with Crippen molar-refractivity contribution in [1.29, 1.82) is 0 Å². The predicted octanol–water partition coefficient (Wildman–Crippen LogP) is 2.41. The first kappa shape index (κ1) is 11.6. The average Bonchev–Trinajstić information content (AvgIpc) is 2.08. The smallest absolute Gasteiger partial charge is 0.307 e. The van der Waals surface area contributed by atoms with E-state index < -0.39 is 5.97 Å². The maximum atomic E-state index is 10.5. The van der Waals surface area contributed by atoms with Gasteiger partial charge in [-0.15, -0.1) is 0 Å². The fourth-order valence-corrected chi connectivity index (χ4v) is 1.38. The van der Waals surface area contributed by atoms with E-state index in [-0.39, 0.29) is 12.5 Å². The van der Waals surface area contributed by atoms with Gasteiger partial charge in [-0.2, -0.15) is 0 Å². The Hall–Kier alpha value is -1.51. The Morgan fingerprint density at radius 2 is 2.13 bits per heavy atom. The molecule has 0 saturated heterocycles. The summed E-state index contributed by atoms with van der Waals surface area (Å²) in [6.45, 7) is 5.85. The molecule has 3 nitrogen and oxygen atoms in total. The van der Waals surface area contributed by atoms with Crippen molar-refractivity contribution in [1.82, 2.24) is 0 Å². The van der Waals surface area contributed by atoms with Gasteiger partial charge >= 0.3 is 5.97 Å². The molecule has 0 aliphatic carbocycles. The molecular formula is C12H16O3. The summed E-state index contributed by atoms with van der Waals surface area (Å²) in [5.74, 6) is 0.00562. The van der Waals surface area contributed by atoms with Crippen LogP contribution in [0.25, 0.3) is 0 Å². The normalized spacial score (nSPS) is 10.4. The number of benzene rings is 1. The Bertz CT molecular complexity index is 356. The van der Waals surface area contributed by atoms with Crippen molar-refractivity contribution in [2.75, 3.05) is 0 Å². The van der Waals surface area contributed by atoms with E-state index in [4.69, 9.17) is 9.84 Å². The first-order valence-electron chi connectivity index (χ1n) is 4.97. The van der Waals surface area contributed by atoms with Crippen LogP contribution in [0, 0.1) is 6.92 Å². The highest BCUT2D eigenvalue weighted by Crippen LogP contribution is 2.20. The fourth-order valence-electron chi connectivity index (χ4n) is 1.38. The molecule has 0 amide bonds. The van der Waals surface area contributed by atoms with Crippen molar-refractivity contribution >= 4 is 5.97 Å². The number of rotatable bonds is 4. The van der Waals surface area contributed by atoms with E-state index in [0.29, 0.717) is 0 Å². The van der Waals surface area contributed by atoms with Crippen LogP contribution in [0.3, 0.4) is 0 Å². The molecule has 0 unspecified atom stereocenters. The van der Waals surface area contributed by atoms with Gasteiger partial charge in [-0.05, 0) is 38.0 Å². The van der Waals surface area contributed by atoms with Gasteiger partial charge in [0.25, 0.3) is 0 Å². The van der Waals surface area contributed by atoms with Crippen LogP contribution in [-0.2, 0) is 11.2 Å². The van der Waals surface area contributed by atoms with Gasteiger partial charge in [0.05, 0.1) is 12.5 Å². The van der Waals surface area contributed by atoms with Crippen molar-refractivity contribution in [2.45, 2.75) is 33.3 Å². The van der Waals surface area contributed by atoms with Crippen molar-refractivity contribution in [3.8, 4) is 5.75 Å². The molecule has 1 N–H and O–H groups in total. The molecule has 3 heteroatoms. The zero-order valence-corrected chi connectivity index (χ0v) is 9.28. The van der Waals surface area contributed by atoms with Crippen LogP contribution in [0.2, 0.25) is 0 Å². The van der Waals surface area contributed by atoms with E-state index in [1.807, 2.05) is 32.9 Å². The molecule has 0 aliphatic heterocycles. The Morgan fingerprint density at radius 3 is 2.60 bits per heavy atom. The molecule has 0 spiro atoms. The zero-order chi connectivity index (χ0) is 11.4. The summed E-state index contributed by atoms with van der Waals surface area (Å²) in [6, 6.07) is 5.47. The van der Waals surface area contributed by atoms with Gasteiger partial charge in [0.15, 0.2) is 0 Å². The number of aryl methyl sites for hydroxylation is 1. The molecule has 0 fully saturated rings. The minimum absolute atomic E-state index is 0.0583. The highest BCUT2D eigenvalue weighted by molar-refractivity contribution is 5.70. The van der Waals surface area contributed by atoms with E-state index in [0.717, 1.165) is 16.9 Å². The number of carbonyl (C=O) groups is 1. The van der Waals surface area contributed by atoms with E-state index in [1.165, 1.54) is 0 Å². The number of hydrogen-bond acceptors (Lipinski definition) is 2. The molecule has 15 heavy (non-hydrogen) atoms. The lowest BCUT2D eigenvalue weighted by Crippen LogP contribution is -2.07. The molecule has 1 aromatic carbocycles. The van der Waals surface area contributed by atoms with Gasteiger partial charge in [-0.3, -0.25) is 4.79 Å². The second kappa shape index (κ2) is 4.82. The van der Waals surface area contributed by atoms with Crippen molar-refractivity contribution in [3.05, 3.63) is 29.3 Å².